The molecule has 0 atom stereocenters. The molecule has 6 nitrogen and oxygen atoms in total. The molecule has 1 aliphatic heterocycles. The minimum atomic E-state index is -0.918. The molecule has 7 heteroatoms. The highest BCUT2D eigenvalue weighted by molar-refractivity contribution is 7.09. The lowest BCUT2D eigenvalue weighted by Gasteiger charge is -2.32. The topological polar surface area (TPSA) is 88.5 Å². The number of aromatic nitrogens is 1. The maximum atomic E-state index is 11.9. The highest BCUT2D eigenvalue weighted by Gasteiger charge is 2.40. The van der Waals surface area contributed by atoms with E-state index < -0.39 is 11.4 Å². The molecule has 19 heavy (non-hydrogen) atoms. The predicted octanol–water partition coefficient (Wildman–Crippen LogP) is 1.06. The average Bonchev–Trinajstić information content (AvgIpc) is 2.83. The lowest BCUT2D eigenvalue weighted by Crippen LogP contribution is -2.46. The van der Waals surface area contributed by atoms with Crippen LogP contribution in [0.2, 0.25) is 0 Å². The normalized spacial score (nSPS) is 17.9. The summed E-state index contributed by atoms with van der Waals surface area (Å²) in [6.07, 6.45) is 0.831. The second-order valence-corrected chi connectivity index (χ2v) is 5.69. The van der Waals surface area contributed by atoms with Crippen molar-refractivity contribution < 1.29 is 19.4 Å². The van der Waals surface area contributed by atoms with Gasteiger partial charge in [-0.2, -0.15) is 0 Å². The van der Waals surface area contributed by atoms with E-state index in [9.17, 15) is 14.7 Å². The number of ether oxygens (including phenoxy) is 1. The second-order valence-electron chi connectivity index (χ2n) is 4.63. The number of carbonyl (C=O) groups excluding carboxylic acids is 1. The monoisotopic (exact) mass is 284 g/mol. The number of thiazole rings is 1. The van der Waals surface area contributed by atoms with Crippen LogP contribution in [0.5, 0.6) is 0 Å². The molecule has 0 unspecified atom stereocenters. The van der Waals surface area contributed by atoms with E-state index in [2.05, 4.69) is 10.3 Å². The Morgan fingerprint density at radius 2 is 2.21 bits per heavy atom. The molecule has 0 radical (unpaired) electrons. The van der Waals surface area contributed by atoms with Gasteiger partial charge in [-0.25, -0.2) is 4.98 Å². The summed E-state index contributed by atoms with van der Waals surface area (Å²) in [6.45, 7) is 2.76. The fourth-order valence-electron chi connectivity index (χ4n) is 2.04. The van der Waals surface area contributed by atoms with Gasteiger partial charge in [0.05, 0.1) is 10.4 Å². The first-order chi connectivity index (χ1) is 9.03. The number of nitrogens with zero attached hydrogens (tertiary/aromatic N) is 1. The average molecular weight is 284 g/mol. The molecule has 2 N–H and O–H groups in total. The van der Waals surface area contributed by atoms with Crippen molar-refractivity contribution in [2.75, 3.05) is 19.8 Å². The third kappa shape index (κ3) is 3.10. The Hall–Kier alpha value is -1.47. The van der Waals surface area contributed by atoms with Crippen molar-refractivity contribution in [3.8, 4) is 0 Å². The molecule has 1 aromatic heterocycles. The van der Waals surface area contributed by atoms with Crippen LogP contribution in [0, 0.1) is 12.3 Å². The molecule has 1 aliphatic rings. The van der Waals surface area contributed by atoms with Crippen LogP contribution in [0.3, 0.4) is 0 Å². The van der Waals surface area contributed by atoms with Gasteiger partial charge in [-0.1, -0.05) is 0 Å². The van der Waals surface area contributed by atoms with Crippen LogP contribution >= 0.6 is 11.3 Å². The van der Waals surface area contributed by atoms with Crippen molar-refractivity contribution in [3.05, 3.63) is 16.1 Å². The number of hydrogen-bond acceptors (Lipinski definition) is 5. The smallest absolute Gasteiger partial charge is 0.311 e. The van der Waals surface area contributed by atoms with Crippen molar-refractivity contribution in [1.82, 2.24) is 10.3 Å². The van der Waals surface area contributed by atoms with Gasteiger partial charge in [0.2, 0.25) is 0 Å². The summed E-state index contributed by atoms with van der Waals surface area (Å²) in [4.78, 5) is 27.4. The van der Waals surface area contributed by atoms with Crippen LogP contribution < -0.4 is 5.32 Å². The number of hydrogen-bond donors (Lipinski definition) is 2. The Labute approximate surface area is 114 Å². The molecule has 1 saturated heterocycles. The molecule has 1 aromatic rings. The van der Waals surface area contributed by atoms with E-state index >= 15 is 0 Å². The molecule has 1 fully saturated rings. The highest BCUT2D eigenvalue weighted by atomic mass is 32.1. The van der Waals surface area contributed by atoms with E-state index in [0.29, 0.717) is 31.7 Å². The minimum Gasteiger partial charge on any atom is -0.481 e. The molecule has 1 amide bonds. The summed E-state index contributed by atoms with van der Waals surface area (Å²) in [5.41, 5.74) is -0.575. The Bertz CT molecular complexity index is 480. The molecular formula is C12H16N2O4S. The fraction of sp³-hybridized carbons (Fsp3) is 0.583. The molecule has 0 aromatic carbocycles. The van der Waals surface area contributed by atoms with Crippen LogP contribution in [-0.4, -0.2) is 41.7 Å². The molecule has 2 heterocycles. The Morgan fingerprint density at radius 3 is 2.74 bits per heavy atom. The van der Waals surface area contributed by atoms with E-state index in [0.717, 1.165) is 5.01 Å². The van der Waals surface area contributed by atoms with Gasteiger partial charge in [0.1, 0.15) is 5.69 Å². The number of aryl methyl sites for hydroxylation is 1. The highest BCUT2D eigenvalue weighted by Crippen LogP contribution is 2.30. The largest absolute Gasteiger partial charge is 0.481 e. The van der Waals surface area contributed by atoms with Crippen molar-refractivity contribution >= 4 is 23.2 Å². The number of carbonyl (C=O) groups is 2. The van der Waals surface area contributed by atoms with Gasteiger partial charge >= 0.3 is 5.97 Å². The third-order valence-corrected chi connectivity index (χ3v) is 4.12. The predicted molar refractivity (Wildman–Crippen MR) is 69.3 cm³/mol. The number of rotatable bonds is 4. The molecule has 2 rings (SSSR count). The molecule has 0 bridgehead atoms. The summed E-state index contributed by atoms with van der Waals surface area (Å²) in [7, 11) is 0. The SMILES string of the molecule is Cc1nc(C(=O)NCC2(C(=O)O)CCOCC2)cs1. The number of nitrogens with one attached hydrogen (secondary N) is 1. The molecule has 0 spiro atoms. The zero-order valence-electron chi connectivity index (χ0n) is 10.6. The van der Waals surface area contributed by atoms with Crippen molar-refractivity contribution in [1.29, 1.82) is 0 Å². The number of carboxylic acid groups (broad SMARTS) is 1. The summed E-state index contributed by atoms with van der Waals surface area (Å²) in [6, 6.07) is 0. The maximum Gasteiger partial charge on any atom is 0.311 e. The van der Waals surface area contributed by atoms with E-state index in [-0.39, 0.29) is 12.5 Å². The first-order valence-electron chi connectivity index (χ1n) is 6.05. The molecule has 0 aliphatic carbocycles. The van der Waals surface area contributed by atoms with E-state index in [4.69, 9.17) is 4.74 Å². The van der Waals surface area contributed by atoms with Gasteiger partial charge in [-0.05, 0) is 19.8 Å². The van der Waals surface area contributed by atoms with Gasteiger partial charge in [-0.15, -0.1) is 11.3 Å². The van der Waals surface area contributed by atoms with Crippen molar-refractivity contribution in [3.63, 3.8) is 0 Å². The van der Waals surface area contributed by atoms with Crippen molar-refractivity contribution in [2.24, 2.45) is 5.41 Å². The van der Waals surface area contributed by atoms with E-state index in [1.165, 1.54) is 11.3 Å². The lowest BCUT2D eigenvalue weighted by atomic mass is 9.80. The van der Waals surface area contributed by atoms with Gasteiger partial charge in [0.25, 0.3) is 5.91 Å². The lowest BCUT2D eigenvalue weighted by molar-refractivity contribution is -0.154. The fourth-order valence-corrected chi connectivity index (χ4v) is 2.63. The van der Waals surface area contributed by atoms with E-state index in [1.807, 2.05) is 6.92 Å². The van der Waals surface area contributed by atoms with Gasteiger partial charge in [0, 0.05) is 25.1 Å². The zero-order valence-corrected chi connectivity index (χ0v) is 11.5. The Balaban J connectivity index is 1.99. The summed E-state index contributed by atoms with van der Waals surface area (Å²) < 4.78 is 5.18. The summed E-state index contributed by atoms with van der Waals surface area (Å²) in [5.74, 6) is -1.21. The summed E-state index contributed by atoms with van der Waals surface area (Å²) in [5, 5.41) is 14.5. The van der Waals surface area contributed by atoms with Crippen LogP contribution in [0.15, 0.2) is 5.38 Å². The first kappa shape index (κ1) is 14.0. The number of carboxylic acids is 1. The first-order valence-corrected chi connectivity index (χ1v) is 6.93. The van der Waals surface area contributed by atoms with Crippen LogP contribution in [-0.2, 0) is 9.53 Å². The van der Waals surface area contributed by atoms with Gasteiger partial charge in [0.15, 0.2) is 0 Å². The molecule has 0 saturated carbocycles. The quantitative estimate of drug-likeness (QED) is 0.863. The molecule has 104 valence electrons. The van der Waals surface area contributed by atoms with Crippen LogP contribution in [0.1, 0.15) is 28.3 Å². The molecular weight excluding hydrogens is 268 g/mol. The van der Waals surface area contributed by atoms with Crippen molar-refractivity contribution in [2.45, 2.75) is 19.8 Å². The third-order valence-electron chi connectivity index (χ3n) is 3.34. The minimum absolute atomic E-state index is 0.112. The standard InChI is InChI=1S/C12H16N2O4S/c1-8-14-9(6-19-8)10(15)13-7-12(11(16)17)2-4-18-5-3-12/h6H,2-5,7H2,1H3,(H,13,15)(H,16,17). The van der Waals surface area contributed by atoms with Gasteiger partial charge in [-0.3, -0.25) is 9.59 Å². The van der Waals surface area contributed by atoms with Crippen LogP contribution in [0.25, 0.3) is 0 Å². The summed E-state index contributed by atoms with van der Waals surface area (Å²) >= 11 is 1.39. The Kier molecular flexibility index (Phi) is 4.16. The number of aliphatic carboxylic acids is 1. The van der Waals surface area contributed by atoms with E-state index in [1.54, 1.807) is 5.38 Å². The maximum absolute atomic E-state index is 11.9. The number of amides is 1. The van der Waals surface area contributed by atoms with Crippen LogP contribution in [0.4, 0.5) is 0 Å². The Morgan fingerprint density at radius 1 is 1.53 bits per heavy atom. The zero-order chi connectivity index (χ0) is 13.9. The second kappa shape index (κ2) is 5.66. The van der Waals surface area contributed by atoms with Gasteiger partial charge < -0.3 is 15.2 Å².